The summed E-state index contributed by atoms with van der Waals surface area (Å²) in [5.41, 5.74) is 3.61. The molecule has 0 aliphatic carbocycles. The first-order chi connectivity index (χ1) is 8.67. The fourth-order valence-electron chi connectivity index (χ4n) is 2.06. The number of hydrogen-bond acceptors (Lipinski definition) is 2. The smallest absolute Gasteiger partial charge is 0.165 e. The van der Waals surface area contributed by atoms with Crippen LogP contribution in [0.25, 0.3) is 11.1 Å². The third-order valence-electron chi connectivity index (χ3n) is 3.29. The lowest BCUT2D eigenvalue weighted by Crippen LogP contribution is -1.86. The van der Waals surface area contributed by atoms with E-state index in [-0.39, 0.29) is 11.5 Å². The van der Waals surface area contributed by atoms with Gasteiger partial charge in [0.05, 0.1) is 0 Å². The van der Waals surface area contributed by atoms with Gasteiger partial charge < -0.3 is 10.2 Å². The van der Waals surface area contributed by atoms with Crippen molar-refractivity contribution in [2.45, 2.75) is 26.7 Å². The average Bonchev–Trinajstić information content (AvgIpc) is 2.42. The second-order valence-corrected chi connectivity index (χ2v) is 4.37. The maximum absolute atomic E-state index is 10.0. The highest BCUT2D eigenvalue weighted by molar-refractivity contribution is 5.74. The van der Waals surface area contributed by atoms with Gasteiger partial charge in [-0.25, -0.2) is 0 Å². The summed E-state index contributed by atoms with van der Waals surface area (Å²) in [5.74, 6) is -0.0341. The highest BCUT2D eigenvalue weighted by Crippen LogP contribution is 2.39. The zero-order valence-electron chi connectivity index (χ0n) is 10.8. The zero-order chi connectivity index (χ0) is 13.1. The molecule has 18 heavy (non-hydrogen) atoms. The minimum atomic E-state index is -0.0291. The predicted octanol–water partition coefficient (Wildman–Crippen LogP) is 3.89. The third-order valence-corrected chi connectivity index (χ3v) is 3.29. The summed E-state index contributed by atoms with van der Waals surface area (Å²) in [6, 6.07) is 11.7. The Labute approximate surface area is 108 Å². The van der Waals surface area contributed by atoms with E-state index >= 15 is 0 Å². The largest absolute Gasteiger partial charge is 0.504 e. The van der Waals surface area contributed by atoms with E-state index in [1.165, 1.54) is 5.56 Å². The molecule has 0 aromatic heterocycles. The molecule has 2 heteroatoms. The molecule has 0 saturated heterocycles. The normalized spacial score (nSPS) is 10.6. The summed E-state index contributed by atoms with van der Waals surface area (Å²) < 4.78 is 0. The van der Waals surface area contributed by atoms with E-state index < -0.39 is 0 Å². The first kappa shape index (κ1) is 12.5. The molecule has 2 rings (SSSR count). The average molecular weight is 242 g/mol. The van der Waals surface area contributed by atoms with Gasteiger partial charge in [0.25, 0.3) is 0 Å². The molecule has 0 fully saturated rings. The van der Waals surface area contributed by atoms with Crippen molar-refractivity contribution in [2.24, 2.45) is 0 Å². The SMILES string of the molecule is CCc1ccc(-c2ccc(CC)c(O)c2O)cc1. The molecule has 0 spiro atoms. The molecule has 0 bridgehead atoms. The van der Waals surface area contributed by atoms with Crippen molar-refractivity contribution in [2.75, 3.05) is 0 Å². The van der Waals surface area contributed by atoms with Gasteiger partial charge in [0.2, 0.25) is 0 Å². The maximum Gasteiger partial charge on any atom is 0.165 e. The lowest BCUT2D eigenvalue weighted by Gasteiger charge is -2.10. The minimum absolute atomic E-state index is 0.00503. The quantitative estimate of drug-likeness (QED) is 0.802. The molecule has 2 N–H and O–H groups in total. The van der Waals surface area contributed by atoms with Crippen molar-refractivity contribution in [1.82, 2.24) is 0 Å². The molecular weight excluding hydrogens is 224 g/mol. The monoisotopic (exact) mass is 242 g/mol. The molecule has 0 aliphatic rings. The van der Waals surface area contributed by atoms with Gasteiger partial charge in [0, 0.05) is 5.56 Å². The number of hydrogen-bond donors (Lipinski definition) is 2. The van der Waals surface area contributed by atoms with Gasteiger partial charge in [0.1, 0.15) is 0 Å². The third kappa shape index (κ3) is 2.19. The fourth-order valence-corrected chi connectivity index (χ4v) is 2.06. The highest BCUT2D eigenvalue weighted by Gasteiger charge is 2.11. The maximum atomic E-state index is 10.0. The molecule has 0 amide bonds. The molecule has 2 aromatic rings. The Morgan fingerprint density at radius 3 is 2.00 bits per heavy atom. The van der Waals surface area contributed by atoms with E-state index in [1.807, 2.05) is 43.3 Å². The topological polar surface area (TPSA) is 40.5 Å². The molecular formula is C16H18O2. The fraction of sp³-hybridized carbons (Fsp3) is 0.250. The highest BCUT2D eigenvalue weighted by atomic mass is 16.3. The number of rotatable bonds is 3. The lowest BCUT2D eigenvalue weighted by molar-refractivity contribution is 0.401. The van der Waals surface area contributed by atoms with Crippen LogP contribution in [0.2, 0.25) is 0 Å². The Morgan fingerprint density at radius 1 is 0.778 bits per heavy atom. The van der Waals surface area contributed by atoms with Gasteiger partial charge >= 0.3 is 0 Å². The van der Waals surface area contributed by atoms with E-state index in [9.17, 15) is 10.2 Å². The Balaban J connectivity index is 2.47. The van der Waals surface area contributed by atoms with Gasteiger partial charge in [-0.3, -0.25) is 0 Å². The van der Waals surface area contributed by atoms with Crippen molar-refractivity contribution in [3.05, 3.63) is 47.5 Å². The number of phenols is 2. The van der Waals surface area contributed by atoms with Crippen LogP contribution in [-0.2, 0) is 12.8 Å². The van der Waals surface area contributed by atoms with Crippen LogP contribution in [-0.4, -0.2) is 10.2 Å². The van der Waals surface area contributed by atoms with Crippen LogP contribution in [0.4, 0.5) is 0 Å². The summed E-state index contributed by atoms with van der Waals surface area (Å²) in [6.45, 7) is 4.05. The van der Waals surface area contributed by atoms with Crippen LogP contribution in [0.15, 0.2) is 36.4 Å². The molecule has 0 unspecified atom stereocenters. The molecule has 0 aliphatic heterocycles. The van der Waals surface area contributed by atoms with Gasteiger partial charge in [0.15, 0.2) is 11.5 Å². The predicted molar refractivity (Wildman–Crippen MR) is 74.0 cm³/mol. The minimum Gasteiger partial charge on any atom is -0.504 e. The number of benzene rings is 2. The van der Waals surface area contributed by atoms with Crippen LogP contribution in [0, 0.1) is 0 Å². The van der Waals surface area contributed by atoms with Crippen molar-refractivity contribution in [3.63, 3.8) is 0 Å². The van der Waals surface area contributed by atoms with Gasteiger partial charge in [-0.15, -0.1) is 0 Å². The summed E-state index contributed by atoms with van der Waals surface area (Å²) in [4.78, 5) is 0. The van der Waals surface area contributed by atoms with Crippen LogP contribution in [0.3, 0.4) is 0 Å². The number of phenolic OH excluding ortho intramolecular Hbond substituents is 2. The molecule has 0 radical (unpaired) electrons. The van der Waals surface area contributed by atoms with Gasteiger partial charge in [-0.1, -0.05) is 50.2 Å². The second-order valence-electron chi connectivity index (χ2n) is 4.37. The van der Waals surface area contributed by atoms with E-state index in [4.69, 9.17) is 0 Å². The molecule has 0 atom stereocenters. The standard InChI is InChI=1S/C16H18O2/c1-3-11-5-7-13(8-6-11)14-10-9-12(4-2)15(17)16(14)18/h5-10,17-18H,3-4H2,1-2H3. The summed E-state index contributed by atoms with van der Waals surface area (Å²) >= 11 is 0. The van der Waals surface area contributed by atoms with Crippen molar-refractivity contribution >= 4 is 0 Å². The first-order valence-electron chi connectivity index (χ1n) is 6.30. The summed E-state index contributed by atoms with van der Waals surface area (Å²) in [7, 11) is 0. The number of aryl methyl sites for hydroxylation is 2. The van der Waals surface area contributed by atoms with Crippen molar-refractivity contribution in [1.29, 1.82) is 0 Å². The molecule has 0 heterocycles. The van der Waals surface area contributed by atoms with Crippen LogP contribution >= 0.6 is 0 Å². The first-order valence-corrected chi connectivity index (χ1v) is 6.30. The van der Waals surface area contributed by atoms with Crippen LogP contribution in [0.5, 0.6) is 11.5 Å². The van der Waals surface area contributed by atoms with E-state index in [1.54, 1.807) is 0 Å². The van der Waals surface area contributed by atoms with Crippen molar-refractivity contribution in [3.8, 4) is 22.6 Å². The Morgan fingerprint density at radius 2 is 1.44 bits per heavy atom. The van der Waals surface area contributed by atoms with E-state index in [2.05, 4.69) is 6.92 Å². The van der Waals surface area contributed by atoms with Crippen molar-refractivity contribution < 1.29 is 10.2 Å². The Bertz CT molecular complexity index is 542. The summed E-state index contributed by atoms with van der Waals surface area (Å²) in [6.07, 6.45) is 1.70. The summed E-state index contributed by atoms with van der Waals surface area (Å²) in [5, 5.41) is 19.9. The van der Waals surface area contributed by atoms with E-state index in [0.29, 0.717) is 12.0 Å². The molecule has 2 nitrogen and oxygen atoms in total. The second kappa shape index (κ2) is 5.13. The molecule has 94 valence electrons. The van der Waals surface area contributed by atoms with Crippen LogP contribution in [0.1, 0.15) is 25.0 Å². The molecule has 2 aromatic carbocycles. The zero-order valence-corrected chi connectivity index (χ0v) is 10.8. The number of aromatic hydroxyl groups is 2. The van der Waals surface area contributed by atoms with E-state index in [0.717, 1.165) is 17.5 Å². The lowest BCUT2D eigenvalue weighted by atomic mass is 9.99. The van der Waals surface area contributed by atoms with Gasteiger partial charge in [-0.05, 0) is 29.5 Å². The Hall–Kier alpha value is -1.96. The molecule has 0 saturated carbocycles. The van der Waals surface area contributed by atoms with Crippen LogP contribution < -0.4 is 0 Å². The Kier molecular flexibility index (Phi) is 3.56. The van der Waals surface area contributed by atoms with Gasteiger partial charge in [-0.2, -0.15) is 0 Å².